The Hall–Kier alpha value is -1.07. The summed E-state index contributed by atoms with van der Waals surface area (Å²) in [7, 11) is 1.94. The smallest absolute Gasteiger partial charge is 0.249 e. The van der Waals surface area contributed by atoms with Crippen LogP contribution in [0.2, 0.25) is 0 Å². The molecule has 0 aliphatic carbocycles. The maximum Gasteiger partial charge on any atom is 0.249 e. The van der Waals surface area contributed by atoms with Crippen molar-refractivity contribution in [1.82, 2.24) is 0 Å². The van der Waals surface area contributed by atoms with Crippen LogP contribution in [0.4, 0.5) is 5.69 Å². The maximum absolute atomic E-state index is 11.0. The number of halogens is 1. The van der Waals surface area contributed by atoms with E-state index >= 15 is 0 Å². The largest absolute Gasteiger partial charge is 0.373 e. The topological polar surface area (TPSA) is 72.3 Å². The highest BCUT2D eigenvalue weighted by Gasteiger charge is 2.08. The van der Waals surface area contributed by atoms with E-state index in [0.29, 0.717) is 16.6 Å². The van der Waals surface area contributed by atoms with Gasteiger partial charge in [0.1, 0.15) is 0 Å². The predicted octanol–water partition coefficient (Wildman–Crippen LogP) is 0.943. The lowest BCUT2D eigenvalue weighted by molar-refractivity contribution is 0.0999. The normalized spacial score (nSPS) is 10.1. The SMILES string of the molecule is CN(CCN)c1ccc(C(N)=O)c(Br)c1. The van der Waals surface area contributed by atoms with Crippen LogP contribution in [0.5, 0.6) is 0 Å². The zero-order valence-electron chi connectivity index (χ0n) is 8.53. The first-order valence-corrected chi connectivity index (χ1v) is 5.36. The van der Waals surface area contributed by atoms with Crippen LogP contribution in [-0.2, 0) is 0 Å². The van der Waals surface area contributed by atoms with E-state index in [-0.39, 0.29) is 0 Å². The minimum absolute atomic E-state index is 0.435. The number of nitrogens with two attached hydrogens (primary N) is 2. The lowest BCUT2D eigenvalue weighted by atomic mass is 10.2. The zero-order chi connectivity index (χ0) is 11.4. The second-order valence-corrected chi connectivity index (χ2v) is 4.09. The van der Waals surface area contributed by atoms with E-state index < -0.39 is 5.91 Å². The van der Waals surface area contributed by atoms with Crippen LogP contribution in [-0.4, -0.2) is 26.0 Å². The number of carbonyl (C=O) groups excluding carboxylic acids is 1. The molecule has 0 spiro atoms. The predicted molar refractivity (Wildman–Crippen MR) is 65.0 cm³/mol. The number of rotatable bonds is 4. The first-order chi connectivity index (χ1) is 7.06. The van der Waals surface area contributed by atoms with E-state index in [1.807, 2.05) is 24.1 Å². The Kier molecular flexibility index (Phi) is 4.11. The van der Waals surface area contributed by atoms with Crippen LogP contribution in [0.15, 0.2) is 22.7 Å². The second-order valence-electron chi connectivity index (χ2n) is 3.24. The molecule has 0 unspecified atom stereocenters. The monoisotopic (exact) mass is 271 g/mol. The summed E-state index contributed by atoms with van der Waals surface area (Å²) in [6.07, 6.45) is 0. The van der Waals surface area contributed by atoms with Gasteiger partial charge in [0.2, 0.25) is 5.91 Å². The van der Waals surface area contributed by atoms with Crippen molar-refractivity contribution in [3.05, 3.63) is 28.2 Å². The van der Waals surface area contributed by atoms with Crippen molar-refractivity contribution in [3.8, 4) is 0 Å². The fourth-order valence-electron chi connectivity index (χ4n) is 1.26. The van der Waals surface area contributed by atoms with E-state index in [2.05, 4.69) is 15.9 Å². The van der Waals surface area contributed by atoms with Gasteiger partial charge in [-0.25, -0.2) is 0 Å². The molecule has 15 heavy (non-hydrogen) atoms. The molecule has 0 aliphatic rings. The number of amides is 1. The van der Waals surface area contributed by atoms with Gasteiger partial charge in [-0.3, -0.25) is 4.79 Å². The molecule has 4 nitrogen and oxygen atoms in total. The molecule has 5 heteroatoms. The van der Waals surface area contributed by atoms with Crippen LogP contribution < -0.4 is 16.4 Å². The van der Waals surface area contributed by atoms with Crippen LogP contribution in [0.1, 0.15) is 10.4 Å². The average Bonchev–Trinajstić information content (AvgIpc) is 2.17. The van der Waals surface area contributed by atoms with Crippen molar-refractivity contribution >= 4 is 27.5 Å². The quantitative estimate of drug-likeness (QED) is 0.856. The number of hydrogen-bond donors (Lipinski definition) is 2. The molecule has 1 aromatic carbocycles. The van der Waals surface area contributed by atoms with E-state index in [9.17, 15) is 4.79 Å². The third-order valence-electron chi connectivity index (χ3n) is 2.12. The summed E-state index contributed by atoms with van der Waals surface area (Å²) < 4.78 is 0.705. The molecule has 0 fully saturated rings. The number of primary amides is 1. The van der Waals surface area contributed by atoms with Crippen LogP contribution >= 0.6 is 15.9 Å². The summed E-state index contributed by atoms with van der Waals surface area (Å²) in [5.74, 6) is -0.435. The minimum Gasteiger partial charge on any atom is -0.373 e. The molecular weight excluding hydrogens is 258 g/mol. The summed E-state index contributed by atoms with van der Waals surface area (Å²) >= 11 is 3.31. The van der Waals surface area contributed by atoms with E-state index in [1.54, 1.807) is 6.07 Å². The molecule has 0 atom stereocenters. The second kappa shape index (κ2) is 5.14. The number of likely N-dealkylation sites (N-methyl/N-ethyl adjacent to an activating group) is 1. The molecule has 0 saturated carbocycles. The van der Waals surface area contributed by atoms with Gasteiger partial charge in [0.05, 0.1) is 5.56 Å². The van der Waals surface area contributed by atoms with Crippen molar-refractivity contribution in [2.24, 2.45) is 11.5 Å². The Labute approximate surface area is 97.4 Å². The molecule has 0 aromatic heterocycles. The molecule has 4 N–H and O–H groups in total. The van der Waals surface area contributed by atoms with Crippen molar-refractivity contribution < 1.29 is 4.79 Å². The minimum atomic E-state index is -0.435. The van der Waals surface area contributed by atoms with Gasteiger partial charge in [-0.15, -0.1) is 0 Å². The van der Waals surface area contributed by atoms with Gasteiger partial charge in [-0.2, -0.15) is 0 Å². The Balaban J connectivity index is 2.96. The van der Waals surface area contributed by atoms with Gasteiger partial charge in [0.15, 0.2) is 0 Å². The van der Waals surface area contributed by atoms with Gasteiger partial charge in [-0.1, -0.05) is 0 Å². The molecule has 1 rings (SSSR count). The highest BCUT2D eigenvalue weighted by Crippen LogP contribution is 2.23. The standard InChI is InChI=1S/C10H14BrN3O/c1-14(5-4-12)7-2-3-8(10(13)15)9(11)6-7/h2-3,6H,4-5,12H2,1H3,(H2,13,15). The molecule has 0 radical (unpaired) electrons. The Morgan fingerprint density at radius 1 is 1.53 bits per heavy atom. The summed E-state index contributed by atoms with van der Waals surface area (Å²) in [6.45, 7) is 1.36. The van der Waals surface area contributed by atoms with Crippen LogP contribution in [0, 0.1) is 0 Å². The van der Waals surface area contributed by atoms with Gasteiger partial charge in [0.25, 0.3) is 0 Å². The van der Waals surface area contributed by atoms with Crippen LogP contribution in [0.3, 0.4) is 0 Å². The summed E-state index contributed by atoms with van der Waals surface area (Å²) in [6, 6.07) is 5.41. The number of carbonyl (C=O) groups is 1. The van der Waals surface area contributed by atoms with Gasteiger partial charge in [0, 0.05) is 30.3 Å². The summed E-state index contributed by atoms with van der Waals surface area (Å²) in [4.78, 5) is 13.0. The summed E-state index contributed by atoms with van der Waals surface area (Å²) in [5, 5.41) is 0. The highest BCUT2D eigenvalue weighted by molar-refractivity contribution is 9.10. The number of benzene rings is 1. The third kappa shape index (κ3) is 2.94. The Bertz CT molecular complexity index is 368. The first kappa shape index (κ1) is 12.0. The fraction of sp³-hybridized carbons (Fsp3) is 0.300. The number of hydrogen-bond acceptors (Lipinski definition) is 3. The van der Waals surface area contributed by atoms with Gasteiger partial charge >= 0.3 is 0 Å². The number of nitrogens with zero attached hydrogens (tertiary/aromatic N) is 1. The summed E-state index contributed by atoms with van der Waals surface area (Å²) in [5.41, 5.74) is 12.1. The van der Waals surface area contributed by atoms with E-state index in [1.165, 1.54) is 0 Å². The average molecular weight is 272 g/mol. The van der Waals surface area contributed by atoms with Gasteiger partial charge < -0.3 is 16.4 Å². The molecule has 0 heterocycles. The Morgan fingerprint density at radius 2 is 2.20 bits per heavy atom. The zero-order valence-corrected chi connectivity index (χ0v) is 10.1. The molecule has 1 amide bonds. The lowest BCUT2D eigenvalue weighted by Crippen LogP contribution is -2.25. The molecule has 1 aromatic rings. The fourth-order valence-corrected chi connectivity index (χ4v) is 1.83. The Morgan fingerprint density at radius 3 is 2.67 bits per heavy atom. The van der Waals surface area contributed by atoms with Crippen molar-refractivity contribution in [2.75, 3.05) is 25.0 Å². The van der Waals surface area contributed by atoms with Crippen molar-refractivity contribution in [1.29, 1.82) is 0 Å². The molecule has 0 aliphatic heterocycles. The van der Waals surface area contributed by atoms with E-state index in [4.69, 9.17) is 11.5 Å². The van der Waals surface area contributed by atoms with E-state index in [0.717, 1.165) is 12.2 Å². The van der Waals surface area contributed by atoms with Gasteiger partial charge in [-0.05, 0) is 34.1 Å². The lowest BCUT2D eigenvalue weighted by Gasteiger charge is -2.18. The first-order valence-electron chi connectivity index (χ1n) is 4.57. The van der Waals surface area contributed by atoms with Crippen LogP contribution in [0.25, 0.3) is 0 Å². The molecular formula is C10H14BrN3O. The maximum atomic E-state index is 11.0. The molecule has 0 bridgehead atoms. The molecule has 0 saturated heterocycles. The van der Waals surface area contributed by atoms with Crippen molar-refractivity contribution in [3.63, 3.8) is 0 Å². The third-order valence-corrected chi connectivity index (χ3v) is 2.78. The number of anilines is 1. The highest BCUT2D eigenvalue weighted by atomic mass is 79.9. The van der Waals surface area contributed by atoms with Crippen molar-refractivity contribution in [2.45, 2.75) is 0 Å². The molecule has 82 valence electrons.